The summed E-state index contributed by atoms with van der Waals surface area (Å²) < 4.78 is 0. The van der Waals surface area contributed by atoms with Crippen LogP contribution in [-0.2, 0) is 6.54 Å². The maximum Gasteiger partial charge on any atom is 0.0450 e. The predicted octanol–water partition coefficient (Wildman–Crippen LogP) is 2.98. The first kappa shape index (κ1) is 9.04. The topological polar surface area (TPSA) is 12.0 Å². The first-order valence-electron chi connectivity index (χ1n) is 4.83. The van der Waals surface area contributed by atoms with Crippen molar-refractivity contribution in [1.82, 2.24) is 5.32 Å². The smallest absolute Gasteiger partial charge is 0.0450 e. The molecule has 2 heteroatoms. The van der Waals surface area contributed by atoms with Gasteiger partial charge in [0.25, 0.3) is 0 Å². The van der Waals surface area contributed by atoms with E-state index < -0.39 is 0 Å². The van der Waals surface area contributed by atoms with Crippen LogP contribution in [0.15, 0.2) is 24.3 Å². The molecule has 0 saturated heterocycles. The molecule has 0 aliphatic heterocycles. The van der Waals surface area contributed by atoms with Gasteiger partial charge in [0, 0.05) is 17.6 Å². The molecule has 0 bridgehead atoms. The van der Waals surface area contributed by atoms with E-state index in [-0.39, 0.29) is 0 Å². The van der Waals surface area contributed by atoms with Crippen LogP contribution >= 0.6 is 11.6 Å². The highest BCUT2D eigenvalue weighted by Gasteiger charge is 2.16. The average molecular weight is 196 g/mol. The van der Waals surface area contributed by atoms with Gasteiger partial charge in [-0.3, -0.25) is 0 Å². The molecule has 1 N–H and O–H groups in total. The Kier molecular flexibility index (Phi) is 2.87. The van der Waals surface area contributed by atoms with Crippen molar-refractivity contribution in [3.63, 3.8) is 0 Å². The first-order chi connectivity index (χ1) is 6.36. The third-order valence-corrected chi connectivity index (χ3v) is 3.01. The number of hydrogen-bond acceptors (Lipinski definition) is 1. The van der Waals surface area contributed by atoms with Gasteiger partial charge in [0.2, 0.25) is 0 Å². The summed E-state index contributed by atoms with van der Waals surface area (Å²) in [6.45, 7) is 0.907. The first-order valence-corrected chi connectivity index (χ1v) is 5.21. The van der Waals surface area contributed by atoms with Gasteiger partial charge in [-0.15, -0.1) is 0 Å². The van der Waals surface area contributed by atoms with Gasteiger partial charge < -0.3 is 5.32 Å². The molecule has 0 atom stereocenters. The molecule has 0 heterocycles. The van der Waals surface area contributed by atoms with E-state index in [1.807, 2.05) is 18.2 Å². The van der Waals surface area contributed by atoms with Gasteiger partial charge in [-0.1, -0.05) is 36.2 Å². The normalized spacial score (nSPS) is 17.0. The molecule has 1 aromatic rings. The lowest BCUT2D eigenvalue weighted by molar-refractivity contribution is 0.338. The monoisotopic (exact) mass is 195 g/mol. The minimum absolute atomic E-state index is 0.733. The molecule has 0 aromatic heterocycles. The number of benzene rings is 1. The summed E-state index contributed by atoms with van der Waals surface area (Å²) in [5.41, 5.74) is 1.20. The third kappa shape index (κ3) is 2.23. The van der Waals surface area contributed by atoms with Gasteiger partial charge >= 0.3 is 0 Å². The fraction of sp³-hybridized carbons (Fsp3) is 0.455. The van der Waals surface area contributed by atoms with Crippen molar-refractivity contribution in [1.29, 1.82) is 0 Å². The summed E-state index contributed by atoms with van der Waals surface area (Å²) in [5, 5.41) is 4.36. The molecule has 1 nitrogen and oxygen atoms in total. The van der Waals surface area contributed by atoms with E-state index >= 15 is 0 Å². The van der Waals surface area contributed by atoms with Crippen LogP contribution in [0.2, 0.25) is 5.02 Å². The average Bonchev–Trinajstić information content (AvgIpc) is 2.05. The highest BCUT2D eigenvalue weighted by molar-refractivity contribution is 6.31. The quantitative estimate of drug-likeness (QED) is 0.782. The van der Waals surface area contributed by atoms with Gasteiger partial charge in [-0.25, -0.2) is 0 Å². The van der Waals surface area contributed by atoms with Crippen LogP contribution in [-0.4, -0.2) is 6.04 Å². The second kappa shape index (κ2) is 4.12. The molecule has 0 unspecified atom stereocenters. The molecule has 0 amide bonds. The highest BCUT2D eigenvalue weighted by Crippen LogP contribution is 2.20. The van der Waals surface area contributed by atoms with Crippen molar-refractivity contribution >= 4 is 11.6 Å². The molecule has 70 valence electrons. The zero-order valence-corrected chi connectivity index (χ0v) is 8.35. The van der Waals surface area contributed by atoms with E-state index in [2.05, 4.69) is 11.4 Å². The molecular weight excluding hydrogens is 182 g/mol. The Morgan fingerprint density at radius 3 is 2.69 bits per heavy atom. The van der Waals surface area contributed by atoms with Gasteiger partial charge in [-0.05, 0) is 24.5 Å². The predicted molar refractivity (Wildman–Crippen MR) is 55.9 cm³/mol. The lowest BCUT2D eigenvalue weighted by Crippen LogP contribution is -2.34. The Bertz CT molecular complexity index is 281. The molecule has 1 aliphatic carbocycles. The number of hydrogen-bond donors (Lipinski definition) is 1. The third-order valence-electron chi connectivity index (χ3n) is 2.64. The Labute approximate surface area is 84.1 Å². The van der Waals surface area contributed by atoms with Gasteiger partial charge in [-0.2, -0.15) is 0 Å². The fourth-order valence-corrected chi connectivity index (χ4v) is 1.71. The van der Waals surface area contributed by atoms with Crippen molar-refractivity contribution in [3.8, 4) is 0 Å². The summed E-state index contributed by atoms with van der Waals surface area (Å²) in [6, 6.07) is 8.75. The molecule has 1 aliphatic rings. The highest BCUT2D eigenvalue weighted by atomic mass is 35.5. The maximum absolute atomic E-state index is 6.03. The lowest BCUT2D eigenvalue weighted by atomic mass is 9.93. The van der Waals surface area contributed by atoms with Crippen LogP contribution in [0.3, 0.4) is 0 Å². The number of rotatable bonds is 3. The van der Waals surface area contributed by atoms with Crippen molar-refractivity contribution in [2.75, 3.05) is 0 Å². The molecule has 0 spiro atoms. The van der Waals surface area contributed by atoms with Crippen molar-refractivity contribution < 1.29 is 0 Å². The Morgan fingerprint density at radius 1 is 1.31 bits per heavy atom. The minimum Gasteiger partial charge on any atom is -0.310 e. The summed E-state index contributed by atoms with van der Waals surface area (Å²) in [4.78, 5) is 0. The minimum atomic E-state index is 0.733. The molecular formula is C11H14ClN. The number of halogens is 1. The Hall–Kier alpha value is -0.530. The van der Waals surface area contributed by atoms with Crippen molar-refractivity contribution in [3.05, 3.63) is 34.9 Å². The number of nitrogens with one attached hydrogen (secondary N) is 1. The van der Waals surface area contributed by atoms with E-state index in [1.165, 1.54) is 24.8 Å². The fourth-order valence-electron chi connectivity index (χ4n) is 1.51. The molecule has 13 heavy (non-hydrogen) atoms. The molecule has 2 rings (SSSR count). The summed E-state index contributed by atoms with van der Waals surface area (Å²) in [6.07, 6.45) is 4.02. The summed E-state index contributed by atoms with van der Waals surface area (Å²) >= 11 is 6.03. The SMILES string of the molecule is Clc1ccccc1CNC1CCC1. The van der Waals surface area contributed by atoms with Crippen LogP contribution < -0.4 is 5.32 Å². The van der Waals surface area contributed by atoms with E-state index in [9.17, 15) is 0 Å². The van der Waals surface area contributed by atoms with E-state index in [1.54, 1.807) is 0 Å². The van der Waals surface area contributed by atoms with Gasteiger partial charge in [0.05, 0.1) is 0 Å². The second-order valence-electron chi connectivity index (χ2n) is 3.60. The zero-order chi connectivity index (χ0) is 9.10. The van der Waals surface area contributed by atoms with E-state index in [0.717, 1.165) is 17.6 Å². The van der Waals surface area contributed by atoms with Gasteiger partial charge in [0.1, 0.15) is 0 Å². The molecule has 1 saturated carbocycles. The summed E-state index contributed by atoms with van der Waals surface area (Å²) in [5.74, 6) is 0. The van der Waals surface area contributed by atoms with Crippen LogP contribution in [0.25, 0.3) is 0 Å². The van der Waals surface area contributed by atoms with Crippen molar-refractivity contribution in [2.24, 2.45) is 0 Å². The second-order valence-corrected chi connectivity index (χ2v) is 4.01. The van der Waals surface area contributed by atoms with E-state index in [0.29, 0.717) is 0 Å². The van der Waals surface area contributed by atoms with Crippen LogP contribution in [0, 0.1) is 0 Å². The van der Waals surface area contributed by atoms with Gasteiger partial charge in [0.15, 0.2) is 0 Å². The molecule has 0 radical (unpaired) electrons. The lowest BCUT2D eigenvalue weighted by Gasteiger charge is -2.26. The summed E-state index contributed by atoms with van der Waals surface area (Å²) in [7, 11) is 0. The Morgan fingerprint density at radius 2 is 2.08 bits per heavy atom. The maximum atomic E-state index is 6.03. The van der Waals surface area contributed by atoms with Crippen LogP contribution in [0.4, 0.5) is 0 Å². The largest absolute Gasteiger partial charge is 0.310 e. The standard InChI is InChI=1S/C11H14ClN/c12-11-7-2-1-4-9(11)8-13-10-5-3-6-10/h1-2,4,7,10,13H,3,5-6,8H2. The van der Waals surface area contributed by atoms with Crippen molar-refractivity contribution in [2.45, 2.75) is 31.8 Å². The van der Waals surface area contributed by atoms with E-state index in [4.69, 9.17) is 11.6 Å². The van der Waals surface area contributed by atoms with Crippen LogP contribution in [0.5, 0.6) is 0 Å². The Balaban J connectivity index is 1.89. The molecule has 1 fully saturated rings. The zero-order valence-electron chi connectivity index (χ0n) is 7.59. The molecule has 1 aromatic carbocycles. The van der Waals surface area contributed by atoms with Crippen LogP contribution in [0.1, 0.15) is 24.8 Å².